The first-order valence-corrected chi connectivity index (χ1v) is 12.1. The lowest BCUT2D eigenvalue weighted by atomic mass is 10.1. The highest BCUT2D eigenvalue weighted by molar-refractivity contribution is 6.00. The molecule has 2 fully saturated rings. The van der Waals surface area contributed by atoms with Gasteiger partial charge >= 0.3 is 0 Å². The van der Waals surface area contributed by atoms with Crippen molar-refractivity contribution >= 4 is 22.7 Å². The minimum atomic E-state index is -0.133. The molecule has 1 aromatic heterocycles. The largest absolute Gasteiger partial charge is 0.497 e. The van der Waals surface area contributed by atoms with E-state index in [9.17, 15) is 9.59 Å². The Labute approximate surface area is 200 Å². The second kappa shape index (κ2) is 9.89. The van der Waals surface area contributed by atoms with Gasteiger partial charge < -0.3 is 24.4 Å². The van der Waals surface area contributed by atoms with Gasteiger partial charge in [-0.3, -0.25) is 9.59 Å². The third kappa shape index (κ3) is 4.80. The van der Waals surface area contributed by atoms with Crippen molar-refractivity contribution in [3.8, 4) is 5.75 Å². The topological polar surface area (TPSA) is 68.9 Å². The number of fused-ring (bicyclic) bond motifs is 1. The van der Waals surface area contributed by atoms with Crippen molar-refractivity contribution in [3.05, 3.63) is 65.9 Å². The molecule has 2 saturated heterocycles. The molecular weight excluding hydrogens is 428 g/mol. The van der Waals surface area contributed by atoms with Crippen LogP contribution in [0.4, 0.5) is 0 Å². The average molecular weight is 461 g/mol. The van der Waals surface area contributed by atoms with Crippen LogP contribution in [0, 0.1) is 0 Å². The molecule has 0 aliphatic carbocycles. The van der Waals surface area contributed by atoms with Gasteiger partial charge in [0, 0.05) is 30.5 Å². The summed E-state index contributed by atoms with van der Waals surface area (Å²) < 4.78 is 5.31. The van der Waals surface area contributed by atoms with E-state index in [1.54, 1.807) is 12.0 Å². The summed E-state index contributed by atoms with van der Waals surface area (Å²) in [6.45, 7) is 4.12. The Morgan fingerprint density at radius 1 is 1.06 bits per heavy atom. The number of nitrogens with one attached hydrogen (secondary N) is 1. The highest BCUT2D eigenvalue weighted by Gasteiger charge is 2.36. The molecule has 1 N–H and O–H groups in total. The summed E-state index contributed by atoms with van der Waals surface area (Å²) in [6, 6.07) is 17.6. The quantitative estimate of drug-likeness (QED) is 0.611. The van der Waals surface area contributed by atoms with Crippen molar-refractivity contribution in [3.63, 3.8) is 0 Å². The van der Waals surface area contributed by atoms with Gasteiger partial charge in [-0.05, 0) is 55.8 Å². The molecular formula is C27H32N4O3. The summed E-state index contributed by atoms with van der Waals surface area (Å²) in [5.74, 6) is 0.617. The van der Waals surface area contributed by atoms with Gasteiger partial charge in [-0.25, -0.2) is 0 Å². The maximum absolute atomic E-state index is 13.5. The van der Waals surface area contributed by atoms with E-state index in [0.717, 1.165) is 41.9 Å². The number of piperidine rings is 1. The van der Waals surface area contributed by atoms with Crippen molar-refractivity contribution in [2.24, 2.45) is 0 Å². The van der Waals surface area contributed by atoms with Gasteiger partial charge in [-0.15, -0.1) is 0 Å². The van der Waals surface area contributed by atoms with Crippen LogP contribution in [0.3, 0.4) is 0 Å². The number of aromatic nitrogens is 1. The van der Waals surface area contributed by atoms with Gasteiger partial charge in [0.2, 0.25) is 5.91 Å². The molecule has 0 radical (unpaired) electrons. The SMILES string of the molecule is COc1ccc2[nH]c(C(=O)N3CC(=O)N(Cc4ccccc4)[C@@H](CN4CCCCC4)C3)cc2c1. The zero-order valence-electron chi connectivity index (χ0n) is 19.7. The number of likely N-dealkylation sites (tertiary alicyclic amines) is 1. The van der Waals surface area contributed by atoms with E-state index in [4.69, 9.17) is 4.74 Å². The van der Waals surface area contributed by atoms with Crippen LogP contribution in [0.15, 0.2) is 54.6 Å². The zero-order valence-corrected chi connectivity index (χ0v) is 19.7. The molecule has 5 rings (SSSR count). The first kappa shape index (κ1) is 22.5. The highest BCUT2D eigenvalue weighted by Crippen LogP contribution is 2.24. The van der Waals surface area contributed by atoms with E-state index in [2.05, 4.69) is 22.0 Å². The standard InChI is InChI=1S/C27H32N4O3/c1-34-23-10-11-24-21(14-23)15-25(28-24)27(33)30-18-22(17-29-12-6-3-7-13-29)31(26(32)19-30)16-20-8-4-2-5-9-20/h2,4-5,8-11,14-15,22,28H,3,6-7,12-13,16-19H2,1H3/t22-/m0/s1. The number of nitrogens with zero attached hydrogens (tertiary/aromatic N) is 3. The fraction of sp³-hybridized carbons (Fsp3) is 0.407. The Morgan fingerprint density at radius 3 is 2.62 bits per heavy atom. The van der Waals surface area contributed by atoms with Gasteiger partial charge in [-0.1, -0.05) is 36.8 Å². The molecule has 7 nitrogen and oxygen atoms in total. The fourth-order valence-electron chi connectivity index (χ4n) is 5.15. The number of hydrogen-bond acceptors (Lipinski definition) is 4. The summed E-state index contributed by atoms with van der Waals surface area (Å²) >= 11 is 0. The number of ether oxygens (including phenoxy) is 1. The molecule has 0 unspecified atom stereocenters. The predicted molar refractivity (Wildman–Crippen MR) is 132 cm³/mol. The molecule has 2 amide bonds. The number of methoxy groups -OCH3 is 1. The van der Waals surface area contributed by atoms with E-state index in [1.165, 1.54) is 19.3 Å². The first-order valence-electron chi connectivity index (χ1n) is 12.1. The van der Waals surface area contributed by atoms with Crippen molar-refractivity contribution < 1.29 is 14.3 Å². The summed E-state index contributed by atoms with van der Waals surface area (Å²) in [5.41, 5.74) is 2.50. The van der Waals surface area contributed by atoms with Crippen LogP contribution in [0.5, 0.6) is 5.75 Å². The molecule has 7 heteroatoms. The number of carbonyl (C=O) groups excluding carboxylic acids is 2. The van der Waals surface area contributed by atoms with Crippen molar-refractivity contribution in [2.45, 2.75) is 31.8 Å². The lowest BCUT2D eigenvalue weighted by molar-refractivity contribution is -0.140. The number of H-pyrrole nitrogens is 1. The monoisotopic (exact) mass is 460 g/mol. The molecule has 2 aliphatic rings. The molecule has 3 aromatic rings. The number of rotatable bonds is 6. The molecule has 34 heavy (non-hydrogen) atoms. The van der Waals surface area contributed by atoms with Crippen LogP contribution in [-0.2, 0) is 11.3 Å². The second-order valence-electron chi connectivity index (χ2n) is 9.34. The van der Waals surface area contributed by atoms with Gasteiger partial charge in [0.05, 0.1) is 13.2 Å². The fourth-order valence-corrected chi connectivity index (χ4v) is 5.15. The molecule has 0 bridgehead atoms. The number of benzene rings is 2. The number of carbonyl (C=O) groups is 2. The molecule has 0 spiro atoms. The first-order chi connectivity index (χ1) is 16.6. The molecule has 3 heterocycles. The summed E-state index contributed by atoms with van der Waals surface area (Å²) in [4.78, 5) is 36.1. The number of piperazine rings is 1. The van der Waals surface area contributed by atoms with Crippen LogP contribution in [0.2, 0.25) is 0 Å². The van der Waals surface area contributed by atoms with E-state index < -0.39 is 0 Å². The summed E-state index contributed by atoms with van der Waals surface area (Å²) in [7, 11) is 1.63. The Kier molecular flexibility index (Phi) is 6.54. The van der Waals surface area contributed by atoms with Crippen molar-refractivity contribution in [1.29, 1.82) is 0 Å². The molecule has 2 aliphatic heterocycles. The van der Waals surface area contributed by atoms with E-state index >= 15 is 0 Å². The van der Waals surface area contributed by atoms with Gasteiger partial charge in [0.1, 0.15) is 18.0 Å². The predicted octanol–water partition coefficient (Wildman–Crippen LogP) is 3.52. The van der Waals surface area contributed by atoms with Crippen LogP contribution >= 0.6 is 0 Å². The van der Waals surface area contributed by atoms with E-state index in [1.807, 2.05) is 47.4 Å². The molecule has 2 aromatic carbocycles. The van der Waals surface area contributed by atoms with Gasteiger partial charge in [0.25, 0.3) is 5.91 Å². The Hall–Kier alpha value is -3.32. The summed E-state index contributed by atoms with van der Waals surface area (Å²) in [5, 5.41) is 0.918. The van der Waals surface area contributed by atoms with Crippen LogP contribution < -0.4 is 4.74 Å². The van der Waals surface area contributed by atoms with E-state index in [0.29, 0.717) is 18.8 Å². The maximum atomic E-state index is 13.5. The lowest BCUT2D eigenvalue weighted by Gasteiger charge is -2.43. The minimum Gasteiger partial charge on any atom is -0.497 e. The Bertz CT molecular complexity index is 1150. The van der Waals surface area contributed by atoms with Gasteiger partial charge in [0.15, 0.2) is 0 Å². The van der Waals surface area contributed by atoms with Crippen molar-refractivity contribution in [1.82, 2.24) is 19.7 Å². The third-order valence-electron chi connectivity index (χ3n) is 6.98. The van der Waals surface area contributed by atoms with Crippen LogP contribution in [0.1, 0.15) is 35.3 Å². The Morgan fingerprint density at radius 2 is 1.85 bits per heavy atom. The molecule has 178 valence electrons. The normalized spacial score (nSPS) is 19.6. The zero-order chi connectivity index (χ0) is 23.5. The minimum absolute atomic E-state index is 0.00300. The Balaban J connectivity index is 1.37. The van der Waals surface area contributed by atoms with E-state index in [-0.39, 0.29) is 24.4 Å². The smallest absolute Gasteiger partial charge is 0.270 e. The summed E-state index contributed by atoms with van der Waals surface area (Å²) in [6.07, 6.45) is 3.66. The van der Waals surface area contributed by atoms with Crippen LogP contribution in [0.25, 0.3) is 10.9 Å². The number of amides is 2. The van der Waals surface area contributed by atoms with Crippen molar-refractivity contribution in [2.75, 3.05) is 39.8 Å². The lowest BCUT2D eigenvalue weighted by Crippen LogP contribution is -2.60. The second-order valence-corrected chi connectivity index (χ2v) is 9.34. The highest BCUT2D eigenvalue weighted by atomic mass is 16.5. The molecule has 0 saturated carbocycles. The number of aromatic amines is 1. The third-order valence-corrected chi connectivity index (χ3v) is 6.98. The average Bonchev–Trinajstić information content (AvgIpc) is 3.30. The van der Waals surface area contributed by atoms with Crippen LogP contribution in [-0.4, -0.2) is 77.4 Å². The van der Waals surface area contributed by atoms with Gasteiger partial charge in [-0.2, -0.15) is 0 Å². The maximum Gasteiger partial charge on any atom is 0.270 e. The number of hydrogen-bond donors (Lipinski definition) is 1. The molecule has 1 atom stereocenters.